The standard InChI is InChI=1S/C14H17F2N3O3/c1-3-21-13(20)11(8(2)17)12(18)19-9-4-6-10(7-5-9)22-14(15)16/h4-7,14H,3,17H2,1-2H3,(H2,18,19). The summed E-state index contributed by atoms with van der Waals surface area (Å²) in [4.78, 5) is 15.8. The molecule has 120 valence electrons. The minimum atomic E-state index is -2.90. The van der Waals surface area contributed by atoms with Crippen LogP contribution in [0.25, 0.3) is 0 Å². The average molecular weight is 313 g/mol. The second-order valence-electron chi connectivity index (χ2n) is 4.15. The topological polar surface area (TPSA) is 99.9 Å². The first-order valence-electron chi connectivity index (χ1n) is 6.38. The Kier molecular flexibility index (Phi) is 6.30. The number of nitrogens with zero attached hydrogens (tertiary/aromatic N) is 1. The maximum atomic E-state index is 12.0. The summed E-state index contributed by atoms with van der Waals surface area (Å²) in [5.74, 6) is -0.814. The number of benzene rings is 1. The summed E-state index contributed by atoms with van der Waals surface area (Å²) < 4.78 is 33.2. The zero-order valence-corrected chi connectivity index (χ0v) is 12.2. The molecular formula is C14H17F2N3O3. The van der Waals surface area contributed by atoms with E-state index < -0.39 is 12.6 Å². The maximum Gasteiger partial charge on any atom is 0.387 e. The second-order valence-corrected chi connectivity index (χ2v) is 4.15. The molecule has 22 heavy (non-hydrogen) atoms. The summed E-state index contributed by atoms with van der Waals surface area (Å²) in [6.07, 6.45) is 0. The first-order chi connectivity index (χ1) is 10.3. The zero-order valence-electron chi connectivity index (χ0n) is 12.2. The molecule has 0 aliphatic rings. The summed E-state index contributed by atoms with van der Waals surface area (Å²) in [5.41, 5.74) is 11.9. The molecular weight excluding hydrogens is 296 g/mol. The molecule has 0 spiro atoms. The van der Waals surface area contributed by atoms with E-state index >= 15 is 0 Å². The highest BCUT2D eigenvalue weighted by Crippen LogP contribution is 2.20. The van der Waals surface area contributed by atoms with Gasteiger partial charge in [-0.15, -0.1) is 0 Å². The molecule has 0 aliphatic carbocycles. The highest BCUT2D eigenvalue weighted by Gasteiger charge is 2.17. The molecule has 1 rings (SSSR count). The van der Waals surface area contributed by atoms with Crippen molar-refractivity contribution in [1.82, 2.24) is 0 Å². The van der Waals surface area contributed by atoms with Crippen LogP contribution in [0.2, 0.25) is 0 Å². The van der Waals surface area contributed by atoms with Gasteiger partial charge in [0.25, 0.3) is 0 Å². The molecule has 0 amide bonds. The van der Waals surface area contributed by atoms with E-state index in [1.807, 2.05) is 0 Å². The number of aliphatic imine (C=N–C) groups is 1. The first kappa shape index (κ1) is 17.4. The predicted octanol–water partition coefficient (Wildman–Crippen LogP) is 2.07. The number of rotatable bonds is 6. The number of nitrogens with two attached hydrogens (primary N) is 2. The van der Waals surface area contributed by atoms with Crippen LogP contribution in [-0.4, -0.2) is 25.0 Å². The van der Waals surface area contributed by atoms with E-state index in [2.05, 4.69) is 9.73 Å². The lowest BCUT2D eigenvalue weighted by molar-refractivity contribution is -0.137. The summed E-state index contributed by atoms with van der Waals surface area (Å²) in [7, 11) is 0. The van der Waals surface area contributed by atoms with Gasteiger partial charge in [0, 0.05) is 5.70 Å². The summed E-state index contributed by atoms with van der Waals surface area (Å²) in [5, 5.41) is 0. The van der Waals surface area contributed by atoms with Crippen LogP contribution in [0.15, 0.2) is 40.5 Å². The lowest BCUT2D eigenvalue weighted by Gasteiger charge is -2.09. The molecule has 6 nitrogen and oxygen atoms in total. The van der Waals surface area contributed by atoms with Gasteiger partial charge in [-0.2, -0.15) is 8.78 Å². The van der Waals surface area contributed by atoms with Crippen LogP contribution < -0.4 is 16.2 Å². The number of allylic oxidation sites excluding steroid dienone is 1. The molecule has 0 bridgehead atoms. The Hall–Kier alpha value is -2.64. The van der Waals surface area contributed by atoms with Crippen LogP contribution in [0.3, 0.4) is 0 Å². The third-order valence-corrected chi connectivity index (χ3v) is 2.44. The van der Waals surface area contributed by atoms with Crippen molar-refractivity contribution in [3.8, 4) is 5.75 Å². The van der Waals surface area contributed by atoms with Crippen LogP contribution in [0, 0.1) is 0 Å². The van der Waals surface area contributed by atoms with Crippen LogP contribution in [-0.2, 0) is 9.53 Å². The van der Waals surface area contributed by atoms with E-state index in [0.29, 0.717) is 5.69 Å². The van der Waals surface area contributed by atoms with E-state index in [1.54, 1.807) is 6.92 Å². The quantitative estimate of drug-likeness (QED) is 0.362. The van der Waals surface area contributed by atoms with Crippen molar-refractivity contribution >= 4 is 17.5 Å². The van der Waals surface area contributed by atoms with E-state index in [-0.39, 0.29) is 29.5 Å². The SMILES string of the molecule is CCOC(=O)C(C(N)=Nc1ccc(OC(F)F)cc1)=C(C)N. The number of alkyl halides is 2. The van der Waals surface area contributed by atoms with Crippen LogP contribution in [0.5, 0.6) is 5.75 Å². The van der Waals surface area contributed by atoms with Gasteiger partial charge in [0.05, 0.1) is 12.3 Å². The number of hydrogen-bond acceptors (Lipinski definition) is 5. The fourth-order valence-corrected chi connectivity index (χ4v) is 1.57. The van der Waals surface area contributed by atoms with E-state index in [1.165, 1.54) is 31.2 Å². The number of amidine groups is 1. The highest BCUT2D eigenvalue weighted by molar-refractivity contribution is 6.19. The highest BCUT2D eigenvalue weighted by atomic mass is 19.3. The summed E-state index contributed by atoms with van der Waals surface area (Å²) in [6, 6.07) is 5.45. The summed E-state index contributed by atoms with van der Waals surface area (Å²) >= 11 is 0. The van der Waals surface area contributed by atoms with Gasteiger partial charge < -0.3 is 20.9 Å². The molecule has 0 aromatic heterocycles. The zero-order chi connectivity index (χ0) is 16.7. The fourth-order valence-electron chi connectivity index (χ4n) is 1.57. The van der Waals surface area contributed by atoms with Crippen LogP contribution in [0.1, 0.15) is 13.8 Å². The minimum Gasteiger partial charge on any atom is -0.462 e. The van der Waals surface area contributed by atoms with Gasteiger partial charge in [0.2, 0.25) is 0 Å². The van der Waals surface area contributed by atoms with Crippen molar-refractivity contribution in [3.05, 3.63) is 35.5 Å². The van der Waals surface area contributed by atoms with Crippen molar-refractivity contribution in [2.24, 2.45) is 16.5 Å². The minimum absolute atomic E-state index is 0.0105. The Bertz CT molecular complexity index is 580. The van der Waals surface area contributed by atoms with Gasteiger partial charge in [0.15, 0.2) is 0 Å². The Morgan fingerprint density at radius 1 is 1.27 bits per heavy atom. The van der Waals surface area contributed by atoms with Gasteiger partial charge in [-0.1, -0.05) is 0 Å². The number of carbonyl (C=O) groups excluding carboxylic acids is 1. The number of hydrogen-bond donors (Lipinski definition) is 2. The van der Waals surface area contributed by atoms with Crippen molar-refractivity contribution in [2.75, 3.05) is 6.61 Å². The largest absolute Gasteiger partial charge is 0.462 e. The Balaban J connectivity index is 2.99. The number of esters is 1. The van der Waals surface area contributed by atoms with Gasteiger partial charge >= 0.3 is 12.6 Å². The molecule has 4 N–H and O–H groups in total. The van der Waals surface area contributed by atoms with E-state index in [4.69, 9.17) is 16.2 Å². The molecule has 0 fully saturated rings. The molecule has 0 radical (unpaired) electrons. The van der Waals surface area contributed by atoms with Gasteiger partial charge in [0.1, 0.15) is 17.2 Å². The molecule has 0 unspecified atom stereocenters. The Morgan fingerprint density at radius 2 is 1.86 bits per heavy atom. The van der Waals surface area contributed by atoms with Crippen molar-refractivity contribution < 1.29 is 23.0 Å². The molecule has 0 atom stereocenters. The van der Waals surface area contributed by atoms with Crippen LogP contribution >= 0.6 is 0 Å². The Morgan fingerprint density at radius 3 is 2.32 bits per heavy atom. The molecule has 1 aromatic carbocycles. The average Bonchev–Trinajstić information content (AvgIpc) is 2.40. The van der Waals surface area contributed by atoms with E-state index in [9.17, 15) is 13.6 Å². The van der Waals surface area contributed by atoms with E-state index in [0.717, 1.165) is 0 Å². The van der Waals surface area contributed by atoms with Gasteiger partial charge in [-0.25, -0.2) is 9.79 Å². The summed E-state index contributed by atoms with van der Waals surface area (Å²) in [6.45, 7) is 0.408. The number of carbonyl (C=O) groups is 1. The van der Waals surface area contributed by atoms with Gasteiger partial charge in [-0.3, -0.25) is 0 Å². The van der Waals surface area contributed by atoms with Crippen molar-refractivity contribution in [3.63, 3.8) is 0 Å². The maximum absolute atomic E-state index is 12.0. The third kappa shape index (κ3) is 5.04. The second kappa shape index (κ2) is 7.96. The first-order valence-corrected chi connectivity index (χ1v) is 6.38. The Labute approximate surface area is 126 Å². The molecule has 0 saturated heterocycles. The third-order valence-electron chi connectivity index (χ3n) is 2.44. The van der Waals surface area contributed by atoms with Crippen molar-refractivity contribution in [1.29, 1.82) is 0 Å². The molecule has 8 heteroatoms. The van der Waals surface area contributed by atoms with Crippen LogP contribution in [0.4, 0.5) is 14.5 Å². The molecule has 1 aromatic rings. The van der Waals surface area contributed by atoms with Gasteiger partial charge in [-0.05, 0) is 38.1 Å². The van der Waals surface area contributed by atoms with Crippen molar-refractivity contribution in [2.45, 2.75) is 20.5 Å². The monoisotopic (exact) mass is 313 g/mol. The molecule has 0 saturated carbocycles. The number of halogens is 2. The smallest absolute Gasteiger partial charge is 0.387 e. The lowest BCUT2D eigenvalue weighted by Crippen LogP contribution is -2.26. The molecule has 0 aliphatic heterocycles. The molecule has 0 heterocycles. The fraction of sp³-hybridized carbons (Fsp3) is 0.286. The normalized spacial score (nSPS) is 12.9. The lowest BCUT2D eigenvalue weighted by atomic mass is 10.2. The predicted molar refractivity (Wildman–Crippen MR) is 77.9 cm³/mol. The number of ether oxygens (including phenoxy) is 2.